The largest absolute Gasteiger partial charge is 0.495 e. The van der Waals surface area contributed by atoms with E-state index in [1.165, 1.54) is 7.11 Å². The van der Waals surface area contributed by atoms with Crippen LogP contribution >= 0.6 is 27.5 Å². The van der Waals surface area contributed by atoms with Crippen molar-refractivity contribution in [2.45, 2.75) is 25.1 Å². The van der Waals surface area contributed by atoms with Crippen molar-refractivity contribution in [1.29, 1.82) is 0 Å². The van der Waals surface area contributed by atoms with Gasteiger partial charge in [-0.1, -0.05) is 11.6 Å². The molecule has 0 fully saturated rings. The Balaban J connectivity index is 2.46. The molecule has 2 rings (SSSR count). The molecule has 0 spiro atoms. The highest BCUT2D eigenvalue weighted by Crippen LogP contribution is 2.44. The Labute approximate surface area is 116 Å². The molecule has 0 amide bonds. The summed E-state index contributed by atoms with van der Waals surface area (Å²) in [4.78, 5) is 0. The van der Waals surface area contributed by atoms with Crippen LogP contribution in [0.4, 0.5) is 18.9 Å². The molecule has 7 heteroatoms. The van der Waals surface area contributed by atoms with Crippen LogP contribution in [0.1, 0.15) is 12.0 Å². The van der Waals surface area contributed by atoms with Gasteiger partial charge in [0.15, 0.2) is 0 Å². The fourth-order valence-corrected chi connectivity index (χ4v) is 2.68. The molecule has 0 bridgehead atoms. The summed E-state index contributed by atoms with van der Waals surface area (Å²) < 4.78 is 43.8. The minimum absolute atomic E-state index is 0.0319. The first-order chi connectivity index (χ1) is 8.34. The van der Waals surface area contributed by atoms with Crippen LogP contribution < -0.4 is 10.1 Å². The van der Waals surface area contributed by atoms with Crippen molar-refractivity contribution < 1.29 is 17.9 Å². The van der Waals surface area contributed by atoms with Gasteiger partial charge in [0.2, 0.25) is 0 Å². The van der Waals surface area contributed by atoms with E-state index in [-0.39, 0.29) is 12.8 Å². The Hall–Kier alpha value is -0.620. The molecule has 1 aromatic carbocycles. The van der Waals surface area contributed by atoms with Gasteiger partial charge in [-0.2, -0.15) is 13.2 Å². The lowest BCUT2D eigenvalue weighted by Crippen LogP contribution is -2.39. The zero-order valence-electron chi connectivity index (χ0n) is 9.37. The second kappa shape index (κ2) is 4.81. The fraction of sp³-hybridized carbons (Fsp3) is 0.455. The van der Waals surface area contributed by atoms with Crippen molar-refractivity contribution in [3.05, 3.63) is 21.1 Å². The van der Waals surface area contributed by atoms with E-state index in [1.807, 2.05) is 0 Å². The average Bonchev–Trinajstić information content (AvgIpc) is 2.32. The number of ether oxygens (including phenoxy) is 1. The Morgan fingerprint density at radius 3 is 2.72 bits per heavy atom. The summed E-state index contributed by atoms with van der Waals surface area (Å²) in [5.74, 6) is 0.357. The van der Waals surface area contributed by atoms with Gasteiger partial charge in [-0.3, -0.25) is 0 Å². The molecule has 0 saturated heterocycles. The lowest BCUT2D eigenvalue weighted by Gasteiger charge is -2.30. The predicted molar refractivity (Wildman–Crippen MR) is 67.5 cm³/mol. The normalized spacial score (nSPS) is 19.1. The minimum Gasteiger partial charge on any atom is -0.495 e. The van der Waals surface area contributed by atoms with Gasteiger partial charge >= 0.3 is 6.18 Å². The van der Waals surface area contributed by atoms with Crippen molar-refractivity contribution in [3.63, 3.8) is 0 Å². The first-order valence-electron chi connectivity index (χ1n) is 5.22. The molecule has 0 aliphatic carbocycles. The van der Waals surface area contributed by atoms with Gasteiger partial charge in [0.1, 0.15) is 11.8 Å². The van der Waals surface area contributed by atoms with Crippen molar-refractivity contribution in [2.24, 2.45) is 0 Å². The van der Waals surface area contributed by atoms with E-state index in [0.29, 0.717) is 26.5 Å². The van der Waals surface area contributed by atoms with E-state index in [0.717, 1.165) is 0 Å². The van der Waals surface area contributed by atoms with Crippen LogP contribution in [0.5, 0.6) is 5.75 Å². The van der Waals surface area contributed by atoms with E-state index < -0.39 is 12.2 Å². The molecular weight excluding hydrogens is 334 g/mol. The highest BCUT2D eigenvalue weighted by Gasteiger charge is 2.42. The third-order valence-electron chi connectivity index (χ3n) is 2.90. The summed E-state index contributed by atoms with van der Waals surface area (Å²) in [5.41, 5.74) is 0.989. The average molecular weight is 345 g/mol. The lowest BCUT2D eigenvalue weighted by atomic mass is 9.97. The molecule has 18 heavy (non-hydrogen) atoms. The standard InChI is InChI=1S/C11H10BrClF3NO/c1-18-7-4-6(12)9(13)5-2-3-8(11(14,15)16)17-10(5)7/h4,8,17H,2-3H2,1H3. The van der Waals surface area contributed by atoms with Crippen LogP contribution in [0.15, 0.2) is 10.5 Å². The summed E-state index contributed by atoms with van der Waals surface area (Å²) in [6.45, 7) is 0. The highest BCUT2D eigenvalue weighted by atomic mass is 79.9. The number of alkyl halides is 3. The Morgan fingerprint density at radius 1 is 1.50 bits per heavy atom. The Bertz CT molecular complexity index is 478. The van der Waals surface area contributed by atoms with Gasteiger partial charge in [0.05, 0.1) is 17.8 Å². The van der Waals surface area contributed by atoms with Crippen molar-refractivity contribution in [2.75, 3.05) is 12.4 Å². The molecule has 1 heterocycles. The highest BCUT2D eigenvalue weighted by molar-refractivity contribution is 9.10. The number of anilines is 1. The minimum atomic E-state index is -4.28. The van der Waals surface area contributed by atoms with Gasteiger partial charge in [-0.05, 0) is 40.4 Å². The van der Waals surface area contributed by atoms with E-state index in [2.05, 4.69) is 21.2 Å². The SMILES string of the molecule is COc1cc(Br)c(Cl)c2c1NC(C(F)(F)F)CC2. The third kappa shape index (κ3) is 2.40. The van der Waals surface area contributed by atoms with E-state index in [4.69, 9.17) is 16.3 Å². The van der Waals surface area contributed by atoms with Crippen molar-refractivity contribution in [3.8, 4) is 5.75 Å². The molecule has 1 N–H and O–H groups in total. The number of hydrogen-bond donors (Lipinski definition) is 1. The lowest BCUT2D eigenvalue weighted by molar-refractivity contribution is -0.144. The topological polar surface area (TPSA) is 21.3 Å². The molecule has 1 aliphatic heterocycles. The number of fused-ring (bicyclic) bond motifs is 1. The van der Waals surface area contributed by atoms with Crippen LogP contribution in [0.2, 0.25) is 5.02 Å². The molecule has 0 saturated carbocycles. The van der Waals surface area contributed by atoms with E-state index in [9.17, 15) is 13.2 Å². The molecule has 100 valence electrons. The Morgan fingerprint density at radius 2 is 2.17 bits per heavy atom. The summed E-state index contributed by atoms with van der Waals surface area (Å²) in [6, 6.07) is 0.00329. The summed E-state index contributed by atoms with van der Waals surface area (Å²) in [5, 5.41) is 2.90. The predicted octanol–water partition coefficient (Wildman–Crippen LogP) is 4.40. The molecule has 1 unspecified atom stereocenters. The first kappa shape index (κ1) is 13.8. The maximum absolute atomic E-state index is 12.7. The Kier molecular flexibility index (Phi) is 3.69. The maximum atomic E-state index is 12.7. The van der Waals surface area contributed by atoms with Crippen molar-refractivity contribution in [1.82, 2.24) is 0 Å². The molecular formula is C11H10BrClF3NO. The summed E-state index contributed by atoms with van der Waals surface area (Å²) in [6.07, 6.45) is -4.04. The zero-order chi connectivity index (χ0) is 13.5. The number of benzene rings is 1. The molecule has 1 aromatic rings. The van der Waals surface area contributed by atoms with Crippen LogP contribution in [0, 0.1) is 0 Å². The molecule has 2 nitrogen and oxygen atoms in total. The smallest absolute Gasteiger partial charge is 0.408 e. The number of nitrogens with one attached hydrogen (secondary N) is 1. The first-order valence-corrected chi connectivity index (χ1v) is 6.39. The molecule has 0 radical (unpaired) electrons. The van der Waals surface area contributed by atoms with Gasteiger partial charge < -0.3 is 10.1 Å². The second-order valence-corrected chi connectivity index (χ2v) is 5.24. The van der Waals surface area contributed by atoms with Gasteiger partial charge in [0.25, 0.3) is 0 Å². The van der Waals surface area contributed by atoms with E-state index in [1.54, 1.807) is 6.07 Å². The number of halogens is 5. The molecule has 1 aliphatic rings. The van der Waals surface area contributed by atoms with Crippen LogP contribution in [-0.4, -0.2) is 19.3 Å². The monoisotopic (exact) mass is 343 g/mol. The summed E-state index contributed by atoms with van der Waals surface area (Å²) >= 11 is 9.34. The number of methoxy groups -OCH3 is 1. The van der Waals surface area contributed by atoms with Crippen molar-refractivity contribution >= 4 is 33.2 Å². The number of hydrogen-bond acceptors (Lipinski definition) is 2. The van der Waals surface area contributed by atoms with Crippen LogP contribution in [-0.2, 0) is 6.42 Å². The third-order valence-corrected chi connectivity index (χ3v) is 4.18. The molecule has 1 atom stereocenters. The van der Waals surface area contributed by atoms with Gasteiger partial charge in [0, 0.05) is 4.47 Å². The van der Waals surface area contributed by atoms with Crippen LogP contribution in [0.3, 0.4) is 0 Å². The van der Waals surface area contributed by atoms with Crippen LogP contribution in [0.25, 0.3) is 0 Å². The zero-order valence-corrected chi connectivity index (χ0v) is 11.7. The van der Waals surface area contributed by atoms with Gasteiger partial charge in [-0.25, -0.2) is 0 Å². The van der Waals surface area contributed by atoms with E-state index >= 15 is 0 Å². The summed E-state index contributed by atoms with van der Waals surface area (Å²) in [7, 11) is 1.41. The molecule has 0 aromatic heterocycles. The second-order valence-electron chi connectivity index (χ2n) is 4.01. The van der Waals surface area contributed by atoms with Gasteiger partial charge in [-0.15, -0.1) is 0 Å². The quantitative estimate of drug-likeness (QED) is 0.815. The maximum Gasteiger partial charge on any atom is 0.408 e. The fourth-order valence-electron chi connectivity index (χ4n) is 1.99. The number of rotatable bonds is 1.